The van der Waals surface area contributed by atoms with Crippen LogP contribution in [0, 0.1) is 5.92 Å². The summed E-state index contributed by atoms with van der Waals surface area (Å²) >= 11 is 6.01. The molecule has 22 heavy (non-hydrogen) atoms. The monoisotopic (exact) mass is 313 g/mol. The number of nitrogens with one attached hydrogen (secondary N) is 1. The van der Waals surface area contributed by atoms with Crippen LogP contribution in [-0.4, -0.2) is 13.1 Å². The standard InChI is InChI=1S/C18H20ClN3/c19-16-6-8-17(9-7-16)22(12-14-4-2-1-3-5-14)13-15-10-18(20)21-11-15/h1-10,15,21H,11-13,20H2/t15-/m0/s1. The highest BCUT2D eigenvalue weighted by Gasteiger charge is 2.18. The highest BCUT2D eigenvalue weighted by atomic mass is 35.5. The molecule has 0 aliphatic carbocycles. The molecule has 4 heteroatoms. The number of rotatable bonds is 5. The molecule has 3 nitrogen and oxygen atoms in total. The lowest BCUT2D eigenvalue weighted by molar-refractivity contribution is 0.615. The second-order valence-corrected chi connectivity index (χ2v) is 6.04. The largest absolute Gasteiger partial charge is 0.386 e. The van der Waals surface area contributed by atoms with E-state index in [1.165, 1.54) is 11.3 Å². The summed E-state index contributed by atoms with van der Waals surface area (Å²) in [5.74, 6) is 1.19. The minimum Gasteiger partial charge on any atom is -0.386 e. The van der Waals surface area contributed by atoms with Gasteiger partial charge in [-0.1, -0.05) is 41.9 Å². The first kappa shape index (κ1) is 14.8. The van der Waals surface area contributed by atoms with E-state index in [4.69, 9.17) is 17.3 Å². The van der Waals surface area contributed by atoms with E-state index in [0.29, 0.717) is 5.92 Å². The van der Waals surface area contributed by atoms with E-state index >= 15 is 0 Å². The van der Waals surface area contributed by atoms with Crippen molar-refractivity contribution in [1.82, 2.24) is 5.32 Å². The molecule has 114 valence electrons. The molecule has 0 fully saturated rings. The molecule has 1 atom stereocenters. The molecule has 1 aliphatic heterocycles. The van der Waals surface area contributed by atoms with Crippen LogP contribution in [0.3, 0.4) is 0 Å². The Morgan fingerprint density at radius 2 is 1.82 bits per heavy atom. The highest BCUT2D eigenvalue weighted by molar-refractivity contribution is 6.30. The fourth-order valence-electron chi connectivity index (χ4n) is 2.74. The maximum absolute atomic E-state index is 6.01. The Kier molecular flexibility index (Phi) is 4.54. The average molecular weight is 314 g/mol. The summed E-state index contributed by atoms with van der Waals surface area (Å²) in [7, 11) is 0. The zero-order valence-electron chi connectivity index (χ0n) is 12.4. The van der Waals surface area contributed by atoms with Gasteiger partial charge in [-0.25, -0.2) is 0 Å². The van der Waals surface area contributed by atoms with Gasteiger partial charge in [-0.05, 0) is 35.9 Å². The lowest BCUT2D eigenvalue weighted by Crippen LogP contribution is -2.30. The topological polar surface area (TPSA) is 41.3 Å². The third-order valence-electron chi connectivity index (χ3n) is 3.85. The van der Waals surface area contributed by atoms with E-state index in [9.17, 15) is 0 Å². The molecular weight excluding hydrogens is 294 g/mol. The third-order valence-corrected chi connectivity index (χ3v) is 4.10. The van der Waals surface area contributed by atoms with Crippen LogP contribution < -0.4 is 16.0 Å². The van der Waals surface area contributed by atoms with Gasteiger partial charge in [-0.15, -0.1) is 0 Å². The van der Waals surface area contributed by atoms with Gasteiger partial charge >= 0.3 is 0 Å². The fourth-order valence-corrected chi connectivity index (χ4v) is 2.86. The smallest absolute Gasteiger partial charge is 0.0923 e. The molecule has 3 rings (SSSR count). The molecule has 0 radical (unpaired) electrons. The molecule has 0 amide bonds. The van der Waals surface area contributed by atoms with Crippen LogP contribution in [0.4, 0.5) is 5.69 Å². The first-order chi connectivity index (χ1) is 10.7. The van der Waals surface area contributed by atoms with Gasteiger partial charge < -0.3 is 16.0 Å². The number of hydrogen-bond acceptors (Lipinski definition) is 3. The first-order valence-electron chi connectivity index (χ1n) is 7.46. The highest BCUT2D eigenvalue weighted by Crippen LogP contribution is 2.22. The molecule has 0 bridgehead atoms. The van der Waals surface area contributed by atoms with Crippen molar-refractivity contribution in [3.8, 4) is 0 Å². The second-order valence-electron chi connectivity index (χ2n) is 5.61. The van der Waals surface area contributed by atoms with E-state index in [1.807, 2.05) is 18.2 Å². The van der Waals surface area contributed by atoms with Gasteiger partial charge in [0.15, 0.2) is 0 Å². The lowest BCUT2D eigenvalue weighted by Gasteiger charge is -2.27. The molecule has 0 spiro atoms. The van der Waals surface area contributed by atoms with Crippen molar-refractivity contribution >= 4 is 17.3 Å². The molecule has 0 saturated heterocycles. The number of anilines is 1. The quantitative estimate of drug-likeness (QED) is 0.889. The van der Waals surface area contributed by atoms with E-state index in [2.05, 4.69) is 52.7 Å². The Balaban J connectivity index is 1.80. The van der Waals surface area contributed by atoms with Gasteiger partial charge in [0.2, 0.25) is 0 Å². The first-order valence-corrected chi connectivity index (χ1v) is 7.84. The Hall–Kier alpha value is -2.13. The zero-order valence-corrected chi connectivity index (χ0v) is 13.1. The Morgan fingerprint density at radius 1 is 1.09 bits per heavy atom. The van der Waals surface area contributed by atoms with Crippen LogP contribution in [0.15, 0.2) is 66.5 Å². The molecule has 0 unspecified atom stereocenters. The summed E-state index contributed by atoms with van der Waals surface area (Å²) in [5, 5.41) is 3.95. The van der Waals surface area contributed by atoms with Crippen molar-refractivity contribution in [3.05, 3.63) is 77.1 Å². The summed E-state index contributed by atoms with van der Waals surface area (Å²) in [6.45, 7) is 2.68. The van der Waals surface area contributed by atoms with Crippen LogP contribution in [0.1, 0.15) is 5.56 Å². The molecule has 2 aromatic carbocycles. The van der Waals surface area contributed by atoms with Crippen molar-refractivity contribution in [2.45, 2.75) is 6.54 Å². The van der Waals surface area contributed by atoms with Gasteiger partial charge in [-0.2, -0.15) is 0 Å². The van der Waals surface area contributed by atoms with Gasteiger partial charge in [0.25, 0.3) is 0 Å². The summed E-state index contributed by atoms with van der Waals surface area (Å²) in [6, 6.07) is 18.5. The Bertz CT molecular complexity index is 637. The molecular formula is C18H20ClN3. The number of nitrogens with two attached hydrogens (primary N) is 1. The van der Waals surface area contributed by atoms with E-state index < -0.39 is 0 Å². The summed E-state index contributed by atoms with van der Waals surface area (Å²) in [6.07, 6.45) is 2.11. The summed E-state index contributed by atoms with van der Waals surface area (Å²) in [4.78, 5) is 2.37. The average Bonchev–Trinajstić information content (AvgIpc) is 2.94. The van der Waals surface area contributed by atoms with Crippen molar-refractivity contribution < 1.29 is 0 Å². The molecule has 0 saturated carbocycles. The zero-order chi connectivity index (χ0) is 15.4. The molecule has 1 heterocycles. The number of hydrogen-bond donors (Lipinski definition) is 2. The van der Waals surface area contributed by atoms with E-state index in [1.54, 1.807) is 0 Å². The fraction of sp³-hybridized carbons (Fsp3) is 0.222. The van der Waals surface area contributed by atoms with E-state index in [0.717, 1.165) is 30.5 Å². The van der Waals surface area contributed by atoms with Crippen molar-refractivity contribution in [2.24, 2.45) is 11.7 Å². The van der Waals surface area contributed by atoms with E-state index in [-0.39, 0.29) is 0 Å². The minimum absolute atomic E-state index is 0.416. The molecule has 3 N–H and O–H groups in total. The predicted octanol–water partition coefficient (Wildman–Crippen LogP) is 3.37. The van der Waals surface area contributed by atoms with Crippen LogP contribution >= 0.6 is 11.6 Å². The molecule has 0 aromatic heterocycles. The molecule has 1 aliphatic rings. The maximum Gasteiger partial charge on any atom is 0.0923 e. The van der Waals surface area contributed by atoms with Crippen molar-refractivity contribution in [1.29, 1.82) is 0 Å². The van der Waals surface area contributed by atoms with Crippen LogP contribution in [0.5, 0.6) is 0 Å². The Labute approximate surface area is 136 Å². The van der Waals surface area contributed by atoms with Gasteiger partial charge in [0.1, 0.15) is 0 Å². The number of benzene rings is 2. The number of halogens is 1. The minimum atomic E-state index is 0.416. The Morgan fingerprint density at radius 3 is 2.45 bits per heavy atom. The summed E-state index contributed by atoms with van der Waals surface area (Å²) in [5.41, 5.74) is 8.29. The SMILES string of the molecule is NC1=C[C@H](CN(Cc2ccccc2)c2ccc(Cl)cc2)CN1. The second kappa shape index (κ2) is 6.75. The maximum atomic E-state index is 6.01. The summed E-state index contributed by atoms with van der Waals surface area (Å²) < 4.78 is 0. The van der Waals surface area contributed by atoms with Gasteiger partial charge in [-0.3, -0.25) is 0 Å². The number of nitrogens with zero attached hydrogens (tertiary/aromatic N) is 1. The van der Waals surface area contributed by atoms with Crippen molar-refractivity contribution in [2.75, 3.05) is 18.0 Å². The molecule has 2 aromatic rings. The normalized spacial score (nSPS) is 17.0. The van der Waals surface area contributed by atoms with Crippen LogP contribution in [0.25, 0.3) is 0 Å². The van der Waals surface area contributed by atoms with Crippen LogP contribution in [-0.2, 0) is 6.54 Å². The van der Waals surface area contributed by atoms with Crippen molar-refractivity contribution in [3.63, 3.8) is 0 Å². The third kappa shape index (κ3) is 3.74. The van der Waals surface area contributed by atoms with Crippen LogP contribution in [0.2, 0.25) is 5.02 Å². The van der Waals surface area contributed by atoms with Gasteiger partial charge in [0, 0.05) is 36.3 Å². The predicted molar refractivity (Wildman–Crippen MR) is 92.7 cm³/mol. The lowest BCUT2D eigenvalue weighted by atomic mass is 10.1. The van der Waals surface area contributed by atoms with Gasteiger partial charge in [0.05, 0.1) is 5.82 Å².